The summed E-state index contributed by atoms with van der Waals surface area (Å²) in [7, 11) is 0. The smallest absolute Gasteiger partial charge is 0.348 e. The number of hydrogen-bond acceptors (Lipinski definition) is 6. The van der Waals surface area contributed by atoms with Crippen molar-refractivity contribution in [2.45, 2.75) is 56.2 Å². The van der Waals surface area contributed by atoms with Crippen LogP contribution in [0.25, 0.3) is 0 Å². The number of carbonyl (C=O) groups excluding carboxylic acids is 1. The Kier molecular flexibility index (Phi) is 6.07. The largest absolute Gasteiger partial charge is 0.376 e. The fourth-order valence-electron chi connectivity index (χ4n) is 3.82. The van der Waals surface area contributed by atoms with Gasteiger partial charge in [0, 0.05) is 24.1 Å². The number of aromatic nitrogens is 3. The maximum absolute atomic E-state index is 12.7. The molecule has 3 heterocycles. The number of amides is 1. The van der Waals surface area contributed by atoms with E-state index in [0.29, 0.717) is 17.3 Å². The second-order valence-corrected chi connectivity index (χ2v) is 8.12. The van der Waals surface area contributed by atoms with E-state index in [2.05, 4.69) is 15.3 Å². The van der Waals surface area contributed by atoms with Crippen LogP contribution in [0, 0.1) is 0 Å². The molecule has 1 atom stereocenters. The molecule has 148 valence electrons. The average Bonchev–Trinajstić information content (AvgIpc) is 3.23. The Bertz CT molecular complexity index is 894. The summed E-state index contributed by atoms with van der Waals surface area (Å²) in [6.45, 7) is 1.36. The molecule has 2 aromatic heterocycles. The standard InChI is InChI=1S/C20H24N4O3S/c25-18(22-14-5-3-9-21-11-14)13-28-19-16-7-1-2-8-17(16)24(20(26)23-19)12-15-6-4-10-27-15/h3,5,9,11,15H,1-2,4,6-8,10,12-13H2,(H,22,25). The number of hydrogen-bond donors (Lipinski definition) is 1. The third kappa shape index (κ3) is 4.44. The number of pyridine rings is 1. The van der Waals surface area contributed by atoms with Gasteiger partial charge in [-0.25, -0.2) is 4.79 Å². The van der Waals surface area contributed by atoms with E-state index in [9.17, 15) is 9.59 Å². The zero-order valence-electron chi connectivity index (χ0n) is 15.7. The molecule has 1 saturated heterocycles. The number of anilines is 1. The van der Waals surface area contributed by atoms with Gasteiger partial charge in [0.25, 0.3) is 0 Å². The second-order valence-electron chi connectivity index (χ2n) is 7.16. The fourth-order valence-corrected chi connectivity index (χ4v) is 4.69. The van der Waals surface area contributed by atoms with E-state index in [1.54, 1.807) is 24.5 Å². The molecule has 1 unspecified atom stereocenters. The number of rotatable bonds is 6. The highest BCUT2D eigenvalue weighted by atomic mass is 32.2. The van der Waals surface area contributed by atoms with E-state index in [4.69, 9.17) is 4.74 Å². The van der Waals surface area contributed by atoms with Crippen LogP contribution in [0.5, 0.6) is 0 Å². The van der Waals surface area contributed by atoms with Gasteiger partial charge >= 0.3 is 5.69 Å². The highest BCUT2D eigenvalue weighted by Gasteiger charge is 2.24. The Balaban J connectivity index is 1.50. The summed E-state index contributed by atoms with van der Waals surface area (Å²) < 4.78 is 7.53. The number of fused-ring (bicyclic) bond motifs is 1. The molecule has 1 aliphatic carbocycles. The monoisotopic (exact) mass is 400 g/mol. The molecular formula is C20H24N4O3S. The second kappa shape index (κ2) is 8.87. The highest BCUT2D eigenvalue weighted by molar-refractivity contribution is 8.00. The van der Waals surface area contributed by atoms with Gasteiger partial charge in [0.2, 0.25) is 5.91 Å². The van der Waals surface area contributed by atoms with E-state index in [0.717, 1.165) is 56.4 Å². The predicted octanol–water partition coefficient (Wildman–Crippen LogP) is 2.43. The summed E-state index contributed by atoms with van der Waals surface area (Å²) in [5.41, 5.74) is 2.64. The molecule has 7 nitrogen and oxygen atoms in total. The zero-order valence-corrected chi connectivity index (χ0v) is 16.5. The van der Waals surface area contributed by atoms with Gasteiger partial charge in [-0.1, -0.05) is 11.8 Å². The summed E-state index contributed by atoms with van der Waals surface area (Å²) in [6, 6.07) is 3.57. The van der Waals surface area contributed by atoms with Crippen molar-refractivity contribution < 1.29 is 9.53 Å². The van der Waals surface area contributed by atoms with Gasteiger partial charge in [-0.2, -0.15) is 4.98 Å². The van der Waals surface area contributed by atoms with Crippen molar-refractivity contribution in [3.8, 4) is 0 Å². The van der Waals surface area contributed by atoms with Crippen molar-refractivity contribution in [1.82, 2.24) is 14.5 Å². The molecule has 0 bridgehead atoms. The molecule has 8 heteroatoms. The van der Waals surface area contributed by atoms with Crippen LogP contribution < -0.4 is 11.0 Å². The molecule has 1 amide bonds. The minimum absolute atomic E-state index is 0.106. The summed E-state index contributed by atoms with van der Waals surface area (Å²) in [4.78, 5) is 33.3. The first-order valence-corrected chi connectivity index (χ1v) is 10.8. The first kappa shape index (κ1) is 19.1. The lowest BCUT2D eigenvalue weighted by atomic mass is 9.97. The number of nitrogens with zero attached hydrogens (tertiary/aromatic N) is 3. The fraction of sp³-hybridized carbons (Fsp3) is 0.500. The van der Waals surface area contributed by atoms with Crippen LogP contribution in [0.4, 0.5) is 5.69 Å². The Labute approximate surface area is 167 Å². The minimum Gasteiger partial charge on any atom is -0.376 e. The van der Waals surface area contributed by atoms with Gasteiger partial charge in [0.1, 0.15) is 5.03 Å². The Morgan fingerprint density at radius 3 is 3.00 bits per heavy atom. The lowest BCUT2D eigenvalue weighted by Crippen LogP contribution is -2.34. The van der Waals surface area contributed by atoms with Crippen molar-refractivity contribution in [2.24, 2.45) is 0 Å². The molecule has 0 spiro atoms. The lowest BCUT2D eigenvalue weighted by molar-refractivity contribution is -0.113. The van der Waals surface area contributed by atoms with Crippen molar-refractivity contribution in [3.63, 3.8) is 0 Å². The summed E-state index contributed by atoms with van der Waals surface area (Å²) >= 11 is 1.34. The van der Waals surface area contributed by atoms with Crippen molar-refractivity contribution in [2.75, 3.05) is 17.7 Å². The molecule has 0 aromatic carbocycles. The van der Waals surface area contributed by atoms with Crippen LogP contribution in [-0.4, -0.2) is 38.9 Å². The van der Waals surface area contributed by atoms with Crippen LogP contribution in [0.3, 0.4) is 0 Å². The molecule has 1 fully saturated rings. The Morgan fingerprint density at radius 1 is 1.32 bits per heavy atom. The summed E-state index contributed by atoms with van der Waals surface area (Å²) in [5, 5.41) is 3.52. The number of carbonyl (C=O) groups is 1. The maximum atomic E-state index is 12.7. The molecule has 28 heavy (non-hydrogen) atoms. The first-order chi connectivity index (χ1) is 13.7. The number of nitrogens with one attached hydrogen (secondary N) is 1. The third-order valence-electron chi connectivity index (χ3n) is 5.15. The van der Waals surface area contributed by atoms with Crippen LogP contribution in [0.2, 0.25) is 0 Å². The molecule has 0 radical (unpaired) electrons. The number of ether oxygens (including phenoxy) is 1. The van der Waals surface area contributed by atoms with E-state index in [-0.39, 0.29) is 23.5 Å². The predicted molar refractivity (Wildman–Crippen MR) is 108 cm³/mol. The number of thioether (sulfide) groups is 1. The van der Waals surface area contributed by atoms with E-state index < -0.39 is 0 Å². The Morgan fingerprint density at radius 2 is 2.21 bits per heavy atom. The molecule has 1 N–H and O–H groups in total. The molecule has 1 aliphatic heterocycles. The van der Waals surface area contributed by atoms with E-state index in [1.165, 1.54) is 11.8 Å². The molecule has 2 aromatic rings. The van der Waals surface area contributed by atoms with Crippen LogP contribution in [-0.2, 0) is 28.9 Å². The zero-order chi connectivity index (χ0) is 19.3. The summed E-state index contributed by atoms with van der Waals surface area (Å²) in [5.74, 6) is 0.0802. The molecule has 4 rings (SSSR count). The van der Waals surface area contributed by atoms with E-state index in [1.807, 2.05) is 4.57 Å². The first-order valence-electron chi connectivity index (χ1n) is 9.77. The van der Waals surface area contributed by atoms with Gasteiger partial charge in [0.05, 0.1) is 30.3 Å². The van der Waals surface area contributed by atoms with Gasteiger partial charge in [-0.15, -0.1) is 0 Å². The SMILES string of the molecule is O=C(CSc1nc(=O)n(CC2CCCO2)c2c1CCCC2)Nc1cccnc1. The van der Waals surface area contributed by atoms with Gasteiger partial charge in [-0.3, -0.25) is 14.3 Å². The molecular weight excluding hydrogens is 376 g/mol. The topological polar surface area (TPSA) is 86.1 Å². The summed E-state index contributed by atoms with van der Waals surface area (Å²) in [6.07, 6.45) is 9.36. The van der Waals surface area contributed by atoms with E-state index >= 15 is 0 Å². The maximum Gasteiger partial charge on any atom is 0.348 e. The van der Waals surface area contributed by atoms with Gasteiger partial charge < -0.3 is 10.1 Å². The molecule has 0 saturated carbocycles. The average molecular weight is 401 g/mol. The normalized spacial score (nSPS) is 18.6. The highest BCUT2D eigenvalue weighted by Crippen LogP contribution is 2.29. The third-order valence-corrected chi connectivity index (χ3v) is 6.16. The van der Waals surface area contributed by atoms with Crippen LogP contribution in [0.1, 0.15) is 36.9 Å². The lowest BCUT2D eigenvalue weighted by Gasteiger charge is -2.24. The van der Waals surface area contributed by atoms with Crippen molar-refractivity contribution >= 4 is 23.4 Å². The van der Waals surface area contributed by atoms with Gasteiger partial charge in [0.15, 0.2) is 0 Å². The van der Waals surface area contributed by atoms with Crippen molar-refractivity contribution in [3.05, 3.63) is 46.3 Å². The quantitative estimate of drug-likeness (QED) is 0.592. The van der Waals surface area contributed by atoms with Gasteiger partial charge in [-0.05, 0) is 50.7 Å². The van der Waals surface area contributed by atoms with Crippen molar-refractivity contribution in [1.29, 1.82) is 0 Å². The van der Waals surface area contributed by atoms with Crippen LogP contribution in [0.15, 0.2) is 34.3 Å². The minimum atomic E-state index is -0.230. The molecule has 2 aliphatic rings. The Hall–Kier alpha value is -2.19. The van der Waals surface area contributed by atoms with Crippen LogP contribution >= 0.6 is 11.8 Å².